The van der Waals surface area contributed by atoms with Gasteiger partial charge in [-0.3, -0.25) is 14.9 Å². The van der Waals surface area contributed by atoms with Crippen molar-refractivity contribution in [3.8, 4) is 0 Å². The summed E-state index contributed by atoms with van der Waals surface area (Å²) in [6.07, 6.45) is 3.13. The molecule has 1 unspecified atom stereocenters. The van der Waals surface area contributed by atoms with Gasteiger partial charge in [0, 0.05) is 23.1 Å². The predicted molar refractivity (Wildman–Crippen MR) is 76.0 cm³/mol. The van der Waals surface area contributed by atoms with Gasteiger partial charge in [0.1, 0.15) is 6.04 Å². The molecule has 0 saturated carbocycles. The molecular formula is C14H15BrN2O2. The van der Waals surface area contributed by atoms with E-state index in [2.05, 4.69) is 38.3 Å². The molecule has 2 aliphatic heterocycles. The van der Waals surface area contributed by atoms with Crippen LogP contribution in [0.5, 0.6) is 0 Å². The number of hydrogen-bond acceptors (Lipinski definition) is 3. The normalized spacial score (nSPS) is 23.0. The third-order valence-corrected chi connectivity index (χ3v) is 4.28. The number of carbonyl (C=O) groups excluding carboxylic acids is 2. The number of rotatable bonds is 1. The highest BCUT2D eigenvalue weighted by Gasteiger charge is 2.33. The summed E-state index contributed by atoms with van der Waals surface area (Å²) in [5, 5.41) is 2.44. The van der Waals surface area contributed by atoms with Crippen molar-refractivity contribution in [2.45, 2.75) is 31.7 Å². The van der Waals surface area contributed by atoms with Gasteiger partial charge in [0.15, 0.2) is 0 Å². The summed E-state index contributed by atoms with van der Waals surface area (Å²) >= 11 is 3.49. The average molecular weight is 323 g/mol. The molecule has 2 aliphatic rings. The molecule has 19 heavy (non-hydrogen) atoms. The van der Waals surface area contributed by atoms with E-state index in [9.17, 15) is 9.59 Å². The van der Waals surface area contributed by atoms with E-state index in [4.69, 9.17) is 0 Å². The molecule has 1 aromatic carbocycles. The molecule has 0 aromatic heterocycles. The third kappa shape index (κ3) is 2.39. The largest absolute Gasteiger partial charge is 0.359 e. The third-order valence-electron chi connectivity index (χ3n) is 3.79. The molecule has 1 aromatic rings. The summed E-state index contributed by atoms with van der Waals surface area (Å²) in [6, 6.07) is 5.99. The Labute approximate surface area is 120 Å². The Morgan fingerprint density at radius 3 is 2.89 bits per heavy atom. The number of halogens is 1. The summed E-state index contributed by atoms with van der Waals surface area (Å²) in [5.41, 5.74) is 2.40. The summed E-state index contributed by atoms with van der Waals surface area (Å²) in [4.78, 5) is 25.4. The van der Waals surface area contributed by atoms with Gasteiger partial charge in [0.05, 0.1) is 0 Å². The van der Waals surface area contributed by atoms with E-state index < -0.39 is 0 Å². The van der Waals surface area contributed by atoms with Gasteiger partial charge in [-0.25, -0.2) is 0 Å². The number of anilines is 1. The van der Waals surface area contributed by atoms with Crippen LogP contribution in [0.3, 0.4) is 0 Å². The SMILES string of the molecule is O=C1CCC(N2CCCc3ccc(Br)cc32)C(=O)N1. The van der Waals surface area contributed by atoms with Crippen molar-refractivity contribution in [3.05, 3.63) is 28.2 Å². The Morgan fingerprint density at radius 2 is 2.11 bits per heavy atom. The van der Waals surface area contributed by atoms with Gasteiger partial charge >= 0.3 is 0 Å². The fraction of sp³-hybridized carbons (Fsp3) is 0.429. The van der Waals surface area contributed by atoms with Crippen LogP contribution in [0.4, 0.5) is 5.69 Å². The Kier molecular flexibility index (Phi) is 3.31. The molecule has 0 aliphatic carbocycles. The molecule has 0 spiro atoms. The second-order valence-electron chi connectivity index (χ2n) is 5.04. The minimum atomic E-state index is -0.217. The van der Waals surface area contributed by atoms with Crippen LogP contribution in [0.15, 0.2) is 22.7 Å². The lowest BCUT2D eigenvalue weighted by Crippen LogP contribution is -2.53. The molecule has 4 nitrogen and oxygen atoms in total. The molecule has 5 heteroatoms. The fourth-order valence-electron chi connectivity index (χ4n) is 2.88. The predicted octanol–water partition coefficient (Wildman–Crippen LogP) is 2.01. The summed E-state index contributed by atoms with van der Waals surface area (Å²) < 4.78 is 1.02. The van der Waals surface area contributed by atoms with Gasteiger partial charge in [-0.15, -0.1) is 0 Å². The van der Waals surface area contributed by atoms with Gasteiger partial charge in [-0.2, -0.15) is 0 Å². The average Bonchev–Trinajstić information content (AvgIpc) is 2.38. The molecule has 1 fully saturated rings. The van der Waals surface area contributed by atoms with Crippen LogP contribution in [0.1, 0.15) is 24.8 Å². The van der Waals surface area contributed by atoms with E-state index >= 15 is 0 Å². The molecule has 3 rings (SSSR count). The molecule has 0 bridgehead atoms. The molecule has 2 amide bonds. The van der Waals surface area contributed by atoms with E-state index in [1.54, 1.807) is 0 Å². The number of carbonyl (C=O) groups is 2. The van der Waals surface area contributed by atoms with Crippen LogP contribution in [0.25, 0.3) is 0 Å². The lowest BCUT2D eigenvalue weighted by molar-refractivity contribution is -0.134. The monoisotopic (exact) mass is 322 g/mol. The van der Waals surface area contributed by atoms with Crippen LogP contribution in [-0.4, -0.2) is 24.4 Å². The maximum Gasteiger partial charge on any atom is 0.249 e. The minimum Gasteiger partial charge on any atom is -0.359 e. The first-order chi connectivity index (χ1) is 9.15. The number of piperidine rings is 1. The lowest BCUT2D eigenvalue weighted by atomic mass is 9.96. The number of aryl methyl sites for hydroxylation is 1. The first kappa shape index (κ1) is 12.7. The Bertz CT molecular complexity index is 544. The second kappa shape index (κ2) is 4.96. The zero-order valence-corrected chi connectivity index (χ0v) is 12.1. The van der Waals surface area contributed by atoms with Gasteiger partial charge in [0.2, 0.25) is 11.8 Å². The molecular weight excluding hydrogens is 308 g/mol. The fourth-order valence-corrected chi connectivity index (χ4v) is 3.23. The quantitative estimate of drug-likeness (QED) is 0.805. The molecule has 2 heterocycles. The van der Waals surface area contributed by atoms with E-state index in [1.807, 2.05) is 6.07 Å². The van der Waals surface area contributed by atoms with Crippen LogP contribution in [-0.2, 0) is 16.0 Å². The Balaban J connectivity index is 1.93. The van der Waals surface area contributed by atoms with E-state index in [1.165, 1.54) is 5.56 Å². The van der Waals surface area contributed by atoms with Gasteiger partial charge in [-0.05, 0) is 37.0 Å². The zero-order chi connectivity index (χ0) is 13.4. The van der Waals surface area contributed by atoms with Crippen molar-refractivity contribution < 1.29 is 9.59 Å². The number of nitrogens with one attached hydrogen (secondary N) is 1. The van der Waals surface area contributed by atoms with Crippen molar-refractivity contribution in [1.82, 2.24) is 5.32 Å². The van der Waals surface area contributed by atoms with Crippen molar-refractivity contribution in [2.75, 3.05) is 11.4 Å². The first-order valence-corrected chi connectivity index (χ1v) is 7.33. The molecule has 1 atom stereocenters. The van der Waals surface area contributed by atoms with E-state index in [0.717, 1.165) is 29.5 Å². The van der Waals surface area contributed by atoms with Gasteiger partial charge in [-0.1, -0.05) is 22.0 Å². The highest BCUT2D eigenvalue weighted by atomic mass is 79.9. The topological polar surface area (TPSA) is 49.4 Å². The summed E-state index contributed by atoms with van der Waals surface area (Å²) in [7, 11) is 0. The maximum absolute atomic E-state index is 12.0. The van der Waals surface area contributed by atoms with Crippen molar-refractivity contribution in [1.29, 1.82) is 0 Å². The van der Waals surface area contributed by atoms with Gasteiger partial charge < -0.3 is 4.90 Å². The van der Waals surface area contributed by atoms with Crippen LogP contribution >= 0.6 is 15.9 Å². The summed E-state index contributed by atoms with van der Waals surface area (Å²) in [6.45, 7) is 0.871. The highest BCUT2D eigenvalue weighted by molar-refractivity contribution is 9.10. The lowest BCUT2D eigenvalue weighted by Gasteiger charge is -2.38. The number of amides is 2. The van der Waals surface area contributed by atoms with E-state index in [0.29, 0.717) is 12.8 Å². The number of fused-ring (bicyclic) bond motifs is 1. The zero-order valence-electron chi connectivity index (χ0n) is 10.5. The first-order valence-electron chi connectivity index (χ1n) is 6.54. The Morgan fingerprint density at radius 1 is 1.26 bits per heavy atom. The number of nitrogens with zero attached hydrogens (tertiary/aromatic N) is 1. The summed E-state index contributed by atoms with van der Waals surface area (Å²) in [5.74, 6) is -0.322. The molecule has 1 saturated heterocycles. The highest BCUT2D eigenvalue weighted by Crippen LogP contribution is 2.32. The second-order valence-corrected chi connectivity index (χ2v) is 5.95. The number of benzene rings is 1. The molecule has 0 radical (unpaired) electrons. The van der Waals surface area contributed by atoms with Crippen molar-refractivity contribution in [3.63, 3.8) is 0 Å². The smallest absolute Gasteiger partial charge is 0.249 e. The van der Waals surface area contributed by atoms with E-state index in [-0.39, 0.29) is 17.9 Å². The van der Waals surface area contributed by atoms with Gasteiger partial charge in [0.25, 0.3) is 0 Å². The van der Waals surface area contributed by atoms with Crippen LogP contribution in [0, 0.1) is 0 Å². The standard InChI is InChI=1S/C14H15BrN2O2/c15-10-4-3-9-2-1-7-17(12(9)8-10)11-5-6-13(18)16-14(11)19/h3-4,8,11H,1-2,5-7H2,(H,16,18,19). The molecule has 100 valence electrons. The van der Waals surface area contributed by atoms with Crippen LogP contribution in [0.2, 0.25) is 0 Å². The maximum atomic E-state index is 12.0. The Hall–Kier alpha value is -1.36. The minimum absolute atomic E-state index is 0.160. The van der Waals surface area contributed by atoms with Crippen LogP contribution < -0.4 is 10.2 Å². The van der Waals surface area contributed by atoms with Crippen molar-refractivity contribution in [2.24, 2.45) is 0 Å². The number of imide groups is 1. The molecule has 1 N–H and O–H groups in total. The number of hydrogen-bond donors (Lipinski definition) is 1. The van der Waals surface area contributed by atoms with Crippen molar-refractivity contribution >= 4 is 33.4 Å².